The zero-order valence-corrected chi connectivity index (χ0v) is 13.5. The Balaban J connectivity index is 1.80. The van der Waals surface area contributed by atoms with Gasteiger partial charge in [0.1, 0.15) is 12.4 Å². The molecule has 19 heavy (non-hydrogen) atoms. The zero-order chi connectivity index (χ0) is 13.8. The van der Waals surface area contributed by atoms with Crippen molar-refractivity contribution in [3.05, 3.63) is 27.7 Å². The van der Waals surface area contributed by atoms with E-state index in [-0.39, 0.29) is 0 Å². The monoisotopic (exact) mass is 346 g/mol. The number of piperidine rings is 1. The lowest BCUT2D eigenvalue weighted by Crippen LogP contribution is -2.46. The molecule has 0 aliphatic carbocycles. The van der Waals surface area contributed by atoms with E-state index in [1.54, 1.807) is 0 Å². The van der Waals surface area contributed by atoms with E-state index in [4.69, 9.17) is 22.1 Å². The highest BCUT2D eigenvalue weighted by Gasteiger charge is 2.22. The lowest BCUT2D eigenvalue weighted by atomic mass is 9.99. The smallest absolute Gasteiger partial charge is 0.133 e. The van der Waals surface area contributed by atoms with Crippen LogP contribution in [0.5, 0.6) is 5.75 Å². The van der Waals surface area contributed by atoms with Crippen LogP contribution in [0, 0.1) is 0 Å². The molecule has 1 aliphatic rings. The fraction of sp³-hybridized carbons (Fsp3) is 0.571. The molecule has 2 atom stereocenters. The summed E-state index contributed by atoms with van der Waals surface area (Å²) in [6.07, 6.45) is 2.15. The van der Waals surface area contributed by atoms with Gasteiger partial charge in [0.2, 0.25) is 0 Å². The highest BCUT2D eigenvalue weighted by atomic mass is 79.9. The Morgan fingerprint density at radius 3 is 3.00 bits per heavy atom. The molecular weight excluding hydrogens is 328 g/mol. The molecule has 0 spiro atoms. The first-order valence-corrected chi connectivity index (χ1v) is 7.81. The van der Waals surface area contributed by atoms with Crippen molar-refractivity contribution in [3.63, 3.8) is 0 Å². The van der Waals surface area contributed by atoms with Crippen molar-refractivity contribution in [2.24, 2.45) is 5.73 Å². The molecule has 1 saturated heterocycles. The average Bonchev–Trinajstić information content (AvgIpc) is 2.34. The molecule has 1 aromatic carbocycles. The highest BCUT2D eigenvalue weighted by Crippen LogP contribution is 2.28. The van der Waals surface area contributed by atoms with Crippen LogP contribution in [0.1, 0.15) is 19.8 Å². The second-order valence-electron chi connectivity index (χ2n) is 5.09. The maximum Gasteiger partial charge on any atom is 0.133 e. The largest absolute Gasteiger partial charge is 0.491 e. The quantitative estimate of drug-likeness (QED) is 0.908. The van der Waals surface area contributed by atoms with E-state index in [2.05, 4.69) is 27.8 Å². The molecule has 0 radical (unpaired) electrons. The van der Waals surface area contributed by atoms with Gasteiger partial charge < -0.3 is 10.5 Å². The first-order valence-electron chi connectivity index (χ1n) is 6.63. The van der Waals surface area contributed by atoms with E-state index < -0.39 is 0 Å². The second-order valence-corrected chi connectivity index (χ2v) is 6.38. The van der Waals surface area contributed by atoms with Gasteiger partial charge in [0.05, 0.1) is 4.47 Å². The number of benzene rings is 1. The van der Waals surface area contributed by atoms with E-state index in [0.717, 1.165) is 36.2 Å². The number of hydrogen-bond acceptors (Lipinski definition) is 3. The van der Waals surface area contributed by atoms with Crippen molar-refractivity contribution in [2.75, 3.05) is 19.7 Å². The van der Waals surface area contributed by atoms with Gasteiger partial charge in [-0.3, -0.25) is 4.90 Å². The van der Waals surface area contributed by atoms with Crippen LogP contribution in [0.3, 0.4) is 0 Å². The summed E-state index contributed by atoms with van der Waals surface area (Å²) in [6.45, 7) is 4.91. The van der Waals surface area contributed by atoms with Crippen LogP contribution in [0.25, 0.3) is 0 Å². The molecule has 2 unspecified atom stereocenters. The third-order valence-electron chi connectivity index (χ3n) is 3.58. The molecule has 2 N–H and O–H groups in total. The molecule has 1 fully saturated rings. The number of rotatable bonds is 4. The average molecular weight is 348 g/mol. The van der Waals surface area contributed by atoms with Crippen molar-refractivity contribution in [1.82, 2.24) is 4.90 Å². The van der Waals surface area contributed by atoms with Gasteiger partial charge in [-0.1, -0.05) is 11.6 Å². The number of ether oxygens (including phenoxy) is 1. The molecular formula is C14H20BrClN2O. The standard InChI is InChI=1S/C14H20BrClN2O/c1-10-8-12(17)4-5-18(10)6-7-19-14-3-2-11(16)9-13(14)15/h2-3,9-10,12H,4-8,17H2,1H3. The number of nitrogens with zero attached hydrogens (tertiary/aromatic N) is 1. The van der Waals surface area contributed by atoms with Crippen LogP contribution in [-0.4, -0.2) is 36.7 Å². The lowest BCUT2D eigenvalue weighted by Gasteiger charge is -2.36. The fourth-order valence-electron chi connectivity index (χ4n) is 2.45. The number of hydrogen-bond donors (Lipinski definition) is 1. The van der Waals surface area contributed by atoms with Gasteiger partial charge in [-0.2, -0.15) is 0 Å². The molecule has 0 bridgehead atoms. The molecule has 1 aromatic rings. The zero-order valence-electron chi connectivity index (χ0n) is 11.1. The topological polar surface area (TPSA) is 38.5 Å². The summed E-state index contributed by atoms with van der Waals surface area (Å²) >= 11 is 9.35. The number of halogens is 2. The predicted octanol–water partition coefficient (Wildman–Crippen LogP) is 3.29. The Hall–Kier alpha value is -0.290. The Morgan fingerprint density at radius 1 is 1.53 bits per heavy atom. The molecule has 1 heterocycles. The van der Waals surface area contributed by atoms with Crippen LogP contribution >= 0.6 is 27.5 Å². The van der Waals surface area contributed by atoms with Crippen molar-refractivity contribution in [3.8, 4) is 5.75 Å². The minimum atomic E-state index is 0.359. The van der Waals surface area contributed by atoms with Gasteiger partial charge in [-0.25, -0.2) is 0 Å². The van der Waals surface area contributed by atoms with Crippen molar-refractivity contribution < 1.29 is 4.74 Å². The number of likely N-dealkylation sites (tertiary alicyclic amines) is 1. The highest BCUT2D eigenvalue weighted by molar-refractivity contribution is 9.10. The summed E-state index contributed by atoms with van der Waals surface area (Å²) in [5.41, 5.74) is 5.96. The number of nitrogens with two attached hydrogens (primary N) is 1. The summed E-state index contributed by atoms with van der Waals surface area (Å²) in [4.78, 5) is 2.44. The van der Waals surface area contributed by atoms with Gasteiger partial charge in [0.15, 0.2) is 0 Å². The van der Waals surface area contributed by atoms with Crippen molar-refractivity contribution in [2.45, 2.75) is 31.8 Å². The third kappa shape index (κ3) is 4.35. The molecule has 5 heteroatoms. The van der Waals surface area contributed by atoms with Crippen molar-refractivity contribution in [1.29, 1.82) is 0 Å². The van der Waals surface area contributed by atoms with E-state index in [0.29, 0.717) is 23.7 Å². The van der Waals surface area contributed by atoms with Gasteiger partial charge in [-0.05, 0) is 53.9 Å². The van der Waals surface area contributed by atoms with Crippen LogP contribution < -0.4 is 10.5 Å². The first kappa shape index (κ1) is 15.1. The summed E-state index contributed by atoms with van der Waals surface area (Å²) in [5, 5.41) is 0.706. The minimum absolute atomic E-state index is 0.359. The summed E-state index contributed by atoms with van der Waals surface area (Å²) < 4.78 is 6.69. The minimum Gasteiger partial charge on any atom is -0.491 e. The maximum absolute atomic E-state index is 5.96. The van der Waals surface area contributed by atoms with Gasteiger partial charge in [-0.15, -0.1) is 0 Å². The maximum atomic E-state index is 5.96. The summed E-state index contributed by atoms with van der Waals surface area (Å²) in [6, 6.07) is 6.48. The van der Waals surface area contributed by atoms with E-state index in [1.807, 2.05) is 18.2 Å². The molecule has 1 aliphatic heterocycles. The Labute approximate surface area is 128 Å². The summed E-state index contributed by atoms with van der Waals surface area (Å²) in [5.74, 6) is 0.839. The third-order valence-corrected chi connectivity index (χ3v) is 4.44. The Kier molecular flexibility index (Phi) is 5.51. The van der Waals surface area contributed by atoms with Crippen LogP contribution in [0.15, 0.2) is 22.7 Å². The molecule has 3 nitrogen and oxygen atoms in total. The van der Waals surface area contributed by atoms with Crippen LogP contribution in [-0.2, 0) is 0 Å². The molecule has 0 aromatic heterocycles. The van der Waals surface area contributed by atoms with Crippen LogP contribution in [0.2, 0.25) is 5.02 Å². The second kappa shape index (κ2) is 6.93. The van der Waals surface area contributed by atoms with Crippen LogP contribution in [0.4, 0.5) is 0 Å². The molecule has 0 amide bonds. The van der Waals surface area contributed by atoms with Gasteiger partial charge >= 0.3 is 0 Å². The van der Waals surface area contributed by atoms with E-state index >= 15 is 0 Å². The van der Waals surface area contributed by atoms with E-state index in [9.17, 15) is 0 Å². The van der Waals surface area contributed by atoms with E-state index in [1.165, 1.54) is 0 Å². The lowest BCUT2D eigenvalue weighted by molar-refractivity contribution is 0.123. The van der Waals surface area contributed by atoms with Crippen molar-refractivity contribution >= 4 is 27.5 Å². The van der Waals surface area contributed by atoms with Gasteiger partial charge in [0, 0.05) is 30.2 Å². The normalized spacial score (nSPS) is 24.4. The fourth-order valence-corrected chi connectivity index (χ4v) is 3.25. The Bertz CT molecular complexity index is 430. The first-order chi connectivity index (χ1) is 9.06. The predicted molar refractivity (Wildman–Crippen MR) is 82.9 cm³/mol. The summed E-state index contributed by atoms with van der Waals surface area (Å²) in [7, 11) is 0. The van der Waals surface area contributed by atoms with Gasteiger partial charge in [0.25, 0.3) is 0 Å². The molecule has 0 saturated carbocycles. The molecule has 106 valence electrons. The SMILES string of the molecule is CC1CC(N)CCN1CCOc1ccc(Cl)cc1Br. The Morgan fingerprint density at radius 2 is 2.32 bits per heavy atom. The molecule has 2 rings (SSSR count).